The summed E-state index contributed by atoms with van der Waals surface area (Å²) in [5.41, 5.74) is 6.42. The fourth-order valence-corrected chi connectivity index (χ4v) is 4.53. The van der Waals surface area contributed by atoms with Crippen LogP contribution < -0.4 is 15.0 Å². The molecule has 4 heterocycles. The minimum atomic E-state index is 0.218. The van der Waals surface area contributed by atoms with Crippen LogP contribution in [0.15, 0.2) is 35.8 Å². The van der Waals surface area contributed by atoms with Crippen molar-refractivity contribution < 1.29 is 9.53 Å². The Morgan fingerprint density at radius 1 is 1.26 bits per heavy atom. The molecule has 27 heavy (non-hydrogen) atoms. The largest absolute Gasteiger partial charge is 0.481 e. The molecule has 0 saturated carbocycles. The highest BCUT2D eigenvalue weighted by Gasteiger charge is 2.32. The first-order valence-corrected chi connectivity index (χ1v) is 9.78. The average molecular weight is 378 g/mol. The Hall–Kier alpha value is -2.93. The van der Waals surface area contributed by atoms with Gasteiger partial charge in [0.15, 0.2) is 5.13 Å². The SMILES string of the molecule is COc1ccc(Nc2nc(-c3cc4c5c(c3)CC(=O)N5CCC4)cs2)cn1. The second kappa shape index (κ2) is 6.35. The van der Waals surface area contributed by atoms with E-state index in [-0.39, 0.29) is 5.91 Å². The maximum Gasteiger partial charge on any atom is 0.231 e. The molecule has 1 amide bonds. The molecule has 1 aromatic carbocycles. The van der Waals surface area contributed by atoms with Gasteiger partial charge in [-0.2, -0.15) is 0 Å². The van der Waals surface area contributed by atoms with Gasteiger partial charge < -0.3 is 15.0 Å². The Kier molecular flexibility index (Phi) is 3.82. The lowest BCUT2D eigenvalue weighted by atomic mass is 9.96. The molecule has 0 atom stereocenters. The molecule has 0 unspecified atom stereocenters. The molecule has 6 nitrogen and oxygen atoms in total. The molecule has 5 rings (SSSR count). The number of anilines is 3. The minimum absolute atomic E-state index is 0.218. The summed E-state index contributed by atoms with van der Waals surface area (Å²) < 4.78 is 5.08. The molecule has 0 aliphatic carbocycles. The van der Waals surface area contributed by atoms with Crippen LogP contribution in [-0.4, -0.2) is 29.5 Å². The summed E-state index contributed by atoms with van der Waals surface area (Å²) in [5, 5.41) is 6.13. The van der Waals surface area contributed by atoms with Gasteiger partial charge in [0.2, 0.25) is 11.8 Å². The molecule has 136 valence electrons. The van der Waals surface area contributed by atoms with Crippen molar-refractivity contribution in [2.45, 2.75) is 19.3 Å². The number of ether oxygens (including phenoxy) is 1. The van der Waals surface area contributed by atoms with E-state index in [0.29, 0.717) is 12.3 Å². The van der Waals surface area contributed by atoms with Crippen molar-refractivity contribution in [2.75, 3.05) is 23.9 Å². The van der Waals surface area contributed by atoms with Gasteiger partial charge in [0, 0.05) is 23.6 Å². The molecule has 0 fully saturated rings. The molecule has 7 heteroatoms. The summed E-state index contributed by atoms with van der Waals surface area (Å²) >= 11 is 1.55. The summed E-state index contributed by atoms with van der Waals surface area (Å²) in [6, 6.07) is 8.03. The van der Waals surface area contributed by atoms with Crippen LogP contribution in [0, 0.1) is 0 Å². The summed E-state index contributed by atoms with van der Waals surface area (Å²) in [6.45, 7) is 0.846. The Balaban J connectivity index is 1.43. The molecule has 0 radical (unpaired) electrons. The molecule has 2 aromatic heterocycles. The molecule has 0 saturated heterocycles. The minimum Gasteiger partial charge on any atom is -0.481 e. The molecule has 3 aromatic rings. The predicted octanol–water partition coefficient (Wildman–Crippen LogP) is 3.79. The number of hydrogen-bond donors (Lipinski definition) is 1. The number of aryl methyl sites for hydroxylation is 1. The van der Waals surface area contributed by atoms with Crippen LogP contribution in [0.25, 0.3) is 11.3 Å². The molecule has 0 bridgehead atoms. The Bertz CT molecular complexity index is 1030. The highest BCUT2D eigenvalue weighted by molar-refractivity contribution is 7.14. The fourth-order valence-electron chi connectivity index (χ4n) is 3.79. The van der Waals surface area contributed by atoms with Gasteiger partial charge in [0.1, 0.15) is 0 Å². The lowest BCUT2D eigenvalue weighted by Crippen LogP contribution is -2.31. The van der Waals surface area contributed by atoms with Gasteiger partial charge in [-0.25, -0.2) is 9.97 Å². The smallest absolute Gasteiger partial charge is 0.231 e. The van der Waals surface area contributed by atoms with E-state index >= 15 is 0 Å². The Morgan fingerprint density at radius 2 is 2.15 bits per heavy atom. The average Bonchev–Trinajstić information content (AvgIpc) is 3.28. The van der Waals surface area contributed by atoms with Crippen molar-refractivity contribution in [2.24, 2.45) is 0 Å². The summed E-state index contributed by atoms with van der Waals surface area (Å²) in [4.78, 5) is 23.1. The van der Waals surface area contributed by atoms with Gasteiger partial charge >= 0.3 is 0 Å². The number of benzene rings is 1. The summed E-state index contributed by atoms with van der Waals surface area (Å²) in [6.07, 6.45) is 4.27. The van der Waals surface area contributed by atoms with Gasteiger partial charge in [-0.05, 0) is 42.2 Å². The third kappa shape index (κ3) is 2.84. The number of aromatic nitrogens is 2. The van der Waals surface area contributed by atoms with Crippen LogP contribution in [0.2, 0.25) is 0 Å². The molecular weight excluding hydrogens is 360 g/mol. The number of rotatable bonds is 4. The van der Waals surface area contributed by atoms with Crippen molar-refractivity contribution in [3.8, 4) is 17.1 Å². The highest BCUT2D eigenvalue weighted by atomic mass is 32.1. The van der Waals surface area contributed by atoms with Crippen LogP contribution in [0.1, 0.15) is 17.5 Å². The lowest BCUT2D eigenvalue weighted by Gasteiger charge is -2.25. The molecule has 0 spiro atoms. The van der Waals surface area contributed by atoms with Crippen molar-refractivity contribution in [1.29, 1.82) is 0 Å². The first kappa shape index (κ1) is 16.3. The van der Waals surface area contributed by atoms with Crippen molar-refractivity contribution in [1.82, 2.24) is 9.97 Å². The van der Waals surface area contributed by atoms with Gasteiger partial charge in [-0.15, -0.1) is 11.3 Å². The van der Waals surface area contributed by atoms with Gasteiger partial charge in [-0.1, -0.05) is 0 Å². The highest BCUT2D eigenvalue weighted by Crippen LogP contribution is 2.40. The maximum atomic E-state index is 12.2. The van der Waals surface area contributed by atoms with Crippen LogP contribution in [0.4, 0.5) is 16.5 Å². The number of nitrogens with one attached hydrogen (secondary N) is 1. The third-order valence-electron chi connectivity index (χ3n) is 5.00. The van der Waals surface area contributed by atoms with E-state index in [2.05, 4.69) is 22.4 Å². The van der Waals surface area contributed by atoms with Gasteiger partial charge in [0.05, 0.1) is 36.8 Å². The number of methoxy groups -OCH3 is 1. The Morgan fingerprint density at radius 3 is 2.96 bits per heavy atom. The second-order valence-electron chi connectivity index (χ2n) is 6.72. The fraction of sp³-hybridized carbons (Fsp3) is 0.250. The predicted molar refractivity (Wildman–Crippen MR) is 106 cm³/mol. The van der Waals surface area contributed by atoms with E-state index in [1.165, 1.54) is 5.56 Å². The van der Waals surface area contributed by atoms with Crippen molar-refractivity contribution >= 4 is 33.8 Å². The van der Waals surface area contributed by atoms with Gasteiger partial charge in [-0.3, -0.25) is 4.79 Å². The zero-order valence-corrected chi connectivity index (χ0v) is 15.7. The third-order valence-corrected chi connectivity index (χ3v) is 5.76. The quantitative estimate of drug-likeness (QED) is 0.748. The second-order valence-corrected chi connectivity index (χ2v) is 7.58. The number of pyridine rings is 1. The number of hydrogen-bond acceptors (Lipinski definition) is 6. The summed E-state index contributed by atoms with van der Waals surface area (Å²) in [5.74, 6) is 0.798. The topological polar surface area (TPSA) is 67.3 Å². The van der Waals surface area contributed by atoms with E-state index in [1.807, 2.05) is 22.4 Å². The molecular formula is C20H18N4O2S. The summed E-state index contributed by atoms with van der Waals surface area (Å²) in [7, 11) is 1.60. The van der Waals surface area contributed by atoms with Crippen LogP contribution in [0.5, 0.6) is 5.88 Å². The van der Waals surface area contributed by atoms with Crippen LogP contribution in [0.3, 0.4) is 0 Å². The lowest BCUT2D eigenvalue weighted by molar-refractivity contribution is -0.117. The zero-order chi connectivity index (χ0) is 18.4. The van der Waals surface area contributed by atoms with Crippen molar-refractivity contribution in [3.05, 3.63) is 47.0 Å². The first-order chi connectivity index (χ1) is 13.2. The molecule has 1 N–H and O–H groups in total. The number of carbonyl (C=O) groups excluding carboxylic acids is 1. The molecule has 2 aliphatic rings. The molecule has 2 aliphatic heterocycles. The monoisotopic (exact) mass is 378 g/mol. The van der Waals surface area contributed by atoms with Crippen LogP contribution >= 0.6 is 11.3 Å². The van der Waals surface area contributed by atoms with E-state index in [1.54, 1.807) is 24.6 Å². The first-order valence-electron chi connectivity index (χ1n) is 8.90. The van der Waals surface area contributed by atoms with Crippen LogP contribution in [-0.2, 0) is 17.6 Å². The van der Waals surface area contributed by atoms with Crippen molar-refractivity contribution in [3.63, 3.8) is 0 Å². The number of thiazole rings is 1. The Labute approximate surface area is 160 Å². The standard InChI is InChI=1S/C20H18N4O2S/c1-26-17-5-4-15(10-21-17)22-20-23-16(11-27-20)13-7-12-3-2-6-24-18(25)9-14(8-13)19(12)24/h4-5,7-8,10-11H,2-3,6,9H2,1H3,(H,22,23). The number of nitrogens with zero attached hydrogens (tertiary/aromatic N) is 3. The van der Waals surface area contributed by atoms with E-state index in [0.717, 1.165) is 52.7 Å². The van der Waals surface area contributed by atoms with E-state index < -0.39 is 0 Å². The van der Waals surface area contributed by atoms with Gasteiger partial charge in [0.25, 0.3) is 0 Å². The zero-order valence-electron chi connectivity index (χ0n) is 14.9. The van der Waals surface area contributed by atoms with E-state index in [4.69, 9.17) is 9.72 Å². The number of amides is 1. The normalized spacial score (nSPS) is 15.0. The number of carbonyl (C=O) groups is 1. The van der Waals surface area contributed by atoms with E-state index in [9.17, 15) is 4.79 Å². The maximum absolute atomic E-state index is 12.2.